The second-order valence-corrected chi connectivity index (χ2v) is 6.67. The standard InChI is InChI=1S/C19H15N3O2S/c23-18(20-13-8-9-15-16(10-13)22-19(24)21-15)11-25-17-7-3-5-12-4-1-2-6-14(12)17/h1-10H,11H2,(H,20,23)(H2,21,22,24). The third-order valence-corrected chi connectivity index (χ3v) is 4.98. The van der Waals surface area contributed by atoms with Crippen molar-refractivity contribution in [2.24, 2.45) is 0 Å². The Morgan fingerprint density at radius 1 is 0.960 bits per heavy atom. The summed E-state index contributed by atoms with van der Waals surface area (Å²) in [4.78, 5) is 30.0. The maximum absolute atomic E-state index is 12.3. The average molecular weight is 349 g/mol. The van der Waals surface area contributed by atoms with Crippen LogP contribution in [0.3, 0.4) is 0 Å². The molecule has 0 spiro atoms. The number of hydrogen-bond acceptors (Lipinski definition) is 3. The Labute approximate surface area is 147 Å². The summed E-state index contributed by atoms with van der Waals surface area (Å²) < 4.78 is 0. The first kappa shape index (κ1) is 15.5. The summed E-state index contributed by atoms with van der Waals surface area (Å²) in [6, 6.07) is 19.5. The van der Waals surface area contributed by atoms with E-state index in [-0.39, 0.29) is 11.6 Å². The van der Waals surface area contributed by atoms with Crippen LogP contribution in [0.2, 0.25) is 0 Å². The normalized spacial score (nSPS) is 11.0. The van der Waals surface area contributed by atoms with Gasteiger partial charge in [0.25, 0.3) is 0 Å². The molecular formula is C19H15N3O2S. The van der Waals surface area contributed by atoms with Crippen LogP contribution in [0.5, 0.6) is 0 Å². The van der Waals surface area contributed by atoms with Gasteiger partial charge in [0.05, 0.1) is 16.8 Å². The second-order valence-electron chi connectivity index (χ2n) is 5.65. The minimum Gasteiger partial charge on any atom is -0.325 e. The molecule has 25 heavy (non-hydrogen) atoms. The number of imidazole rings is 1. The van der Waals surface area contributed by atoms with E-state index in [9.17, 15) is 9.59 Å². The minimum atomic E-state index is -0.259. The fourth-order valence-corrected chi connectivity index (χ4v) is 3.65. The maximum Gasteiger partial charge on any atom is 0.323 e. The zero-order valence-electron chi connectivity index (χ0n) is 13.2. The molecule has 0 aliphatic rings. The first-order valence-corrected chi connectivity index (χ1v) is 8.80. The largest absolute Gasteiger partial charge is 0.325 e. The van der Waals surface area contributed by atoms with E-state index in [0.29, 0.717) is 22.5 Å². The maximum atomic E-state index is 12.3. The monoisotopic (exact) mass is 349 g/mol. The van der Waals surface area contributed by atoms with Crippen LogP contribution in [0.4, 0.5) is 5.69 Å². The number of aromatic nitrogens is 2. The molecule has 0 saturated carbocycles. The molecule has 6 heteroatoms. The Kier molecular flexibility index (Phi) is 4.03. The number of thioether (sulfide) groups is 1. The lowest BCUT2D eigenvalue weighted by Gasteiger charge is -2.07. The van der Waals surface area contributed by atoms with Gasteiger partial charge in [0.1, 0.15) is 0 Å². The molecule has 3 aromatic carbocycles. The Balaban J connectivity index is 1.47. The van der Waals surface area contributed by atoms with Crippen molar-refractivity contribution in [3.8, 4) is 0 Å². The van der Waals surface area contributed by atoms with Crippen LogP contribution < -0.4 is 11.0 Å². The summed E-state index contributed by atoms with van der Waals surface area (Å²) in [6.45, 7) is 0. The smallest absolute Gasteiger partial charge is 0.323 e. The van der Waals surface area contributed by atoms with Crippen molar-refractivity contribution in [1.82, 2.24) is 9.97 Å². The number of carbonyl (C=O) groups is 1. The van der Waals surface area contributed by atoms with Crippen LogP contribution in [0.1, 0.15) is 0 Å². The molecule has 0 aliphatic heterocycles. The van der Waals surface area contributed by atoms with Crippen LogP contribution in [0.25, 0.3) is 21.8 Å². The highest BCUT2D eigenvalue weighted by atomic mass is 32.2. The SMILES string of the molecule is O=C(CSc1cccc2ccccc12)Nc1ccc2[nH]c(=O)[nH]c2c1. The number of carbonyl (C=O) groups excluding carboxylic acids is 1. The zero-order chi connectivity index (χ0) is 17.2. The van der Waals surface area contributed by atoms with Gasteiger partial charge < -0.3 is 15.3 Å². The Morgan fingerprint density at radius 2 is 1.76 bits per heavy atom. The van der Waals surface area contributed by atoms with Gasteiger partial charge >= 0.3 is 5.69 Å². The Hall–Kier alpha value is -2.99. The average Bonchev–Trinajstić information content (AvgIpc) is 2.99. The van der Waals surface area contributed by atoms with Crippen LogP contribution in [0.15, 0.2) is 70.4 Å². The molecule has 4 rings (SSSR count). The molecule has 0 bridgehead atoms. The summed E-state index contributed by atoms with van der Waals surface area (Å²) in [5, 5.41) is 5.18. The Morgan fingerprint density at radius 3 is 2.68 bits per heavy atom. The van der Waals surface area contributed by atoms with Crippen LogP contribution in [-0.2, 0) is 4.79 Å². The van der Waals surface area contributed by atoms with E-state index < -0.39 is 0 Å². The summed E-state index contributed by atoms with van der Waals surface area (Å²) in [7, 11) is 0. The lowest BCUT2D eigenvalue weighted by atomic mass is 10.1. The van der Waals surface area contributed by atoms with Crippen molar-refractivity contribution < 1.29 is 4.79 Å². The number of aromatic amines is 2. The van der Waals surface area contributed by atoms with E-state index in [0.717, 1.165) is 15.7 Å². The molecule has 1 aromatic heterocycles. The van der Waals surface area contributed by atoms with Crippen LogP contribution in [-0.4, -0.2) is 21.6 Å². The highest BCUT2D eigenvalue weighted by Crippen LogP contribution is 2.27. The second kappa shape index (κ2) is 6.49. The van der Waals surface area contributed by atoms with Crippen molar-refractivity contribution in [3.63, 3.8) is 0 Å². The molecule has 124 valence electrons. The zero-order valence-corrected chi connectivity index (χ0v) is 14.0. The molecule has 0 saturated heterocycles. The quantitative estimate of drug-likeness (QED) is 0.491. The van der Waals surface area contributed by atoms with Gasteiger partial charge in [-0.2, -0.15) is 0 Å². The summed E-state index contributed by atoms with van der Waals surface area (Å²) in [5.74, 6) is 0.227. The van der Waals surface area contributed by atoms with Crippen molar-refractivity contribution in [3.05, 3.63) is 71.1 Å². The molecule has 0 fully saturated rings. The molecule has 0 aliphatic carbocycles. The molecule has 0 atom stereocenters. The summed E-state index contributed by atoms with van der Waals surface area (Å²) in [5.41, 5.74) is 1.79. The van der Waals surface area contributed by atoms with Gasteiger partial charge in [-0.15, -0.1) is 11.8 Å². The predicted octanol–water partition coefficient (Wildman–Crippen LogP) is 3.74. The number of fused-ring (bicyclic) bond motifs is 2. The van der Waals surface area contributed by atoms with Gasteiger partial charge in [0, 0.05) is 10.6 Å². The topological polar surface area (TPSA) is 77.8 Å². The predicted molar refractivity (Wildman–Crippen MR) is 102 cm³/mol. The summed E-state index contributed by atoms with van der Waals surface area (Å²) >= 11 is 1.51. The summed E-state index contributed by atoms with van der Waals surface area (Å²) in [6.07, 6.45) is 0. The fourth-order valence-electron chi connectivity index (χ4n) is 2.77. The van der Waals surface area contributed by atoms with Crippen molar-refractivity contribution in [1.29, 1.82) is 0 Å². The Bertz CT molecular complexity index is 1120. The van der Waals surface area contributed by atoms with E-state index in [1.165, 1.54) is 11.8 Å². The molecular weight excluding hydrogens is 334 g/mol. The van der Waals surface area contributed by atoms with E-state index in [2.05, 4.69) is 33.5 Å². The van der Waals surface area contributed by atoms with Crippen LogP contribution in [0, 0.1) is 0 Å². The van der Waals surface area contributed by atoms with Gasteiger partial charge in [-0.1, -0.05) is 36.4 Å². The van der Waals surface area contributed by atoms with Crippen molar-refractivity contribution in [2.45, 2.75) is 4.90 Å². The number of nitrogens with one attached hydrogen (secondary N) is 3. The van der Waals surface area contributed by atoms with Gasteiger partial charge in [-0.3, -0.25) is 4.79 Å². The molecule has 5 nitrogen and oxygen atoms in total. The highest BCUT2D eigenvalue weighted by Gasteiger charge is 2.07. The highest BCUT2D eigenvalue weighted by molar-refractivity contribution is 8.00. The van der Waals surface area contributed by atoms with Gasteiger partial charge in [-0.25, -0.2) is 4.79 Å². The lowest BCUT2D eigenvalue weighted by molar-refractivity contribution is -0.113. The van der Waals surface area contributed by atoms with E-state index in [4.69, 9.17) is 0 Å². The number of amides is 1. The number of anilines is 1. The molecule has 3 N–H and O–H groups in total. The van der Waals surface area contributed by atoms with Crippen molar-refractivity contribution >= 4 is 45.2 Å². The third-order valence-electron chi connectivity index (χ3n) is 3.91. The molecule has 1 heterocycles. The van der Waals surface area contributed by atoms with Gasteiger partial charge in [-0.05, 0) is 35.0 Å². The van der Waals surface area contributed by atoms with E-state index >= 15 is 0 Å². The molecule has 0 unspecified atom stereocenters. The van der Waals surface area contributed by atoms with Gasteiger partial charge in [0.15, 0.2) is 0 Å². The van der Waals surface area contributed by atoms with E-state index in [1.54, 1.807) is 18.2 Å². The molecule has 0 radical (unpaired) electrons. The minimum absolute atomic E-state index is 0.0878. The molecule has 4 aromatic rings. The van der Waals surface area contributed by atoms with Crippen LogP contribution >= 0.6 is 11.8 Å². The number of hydrogen-bond donors (Lipinski definition) is 3. The van der Waals surface area contributed by atoms with Gasteiger partial charge in [0.2, 0.25) is 5.91 Å². The first-order chi connectivity index (χ1) is 12.2. The fraction of sp³-hybridized carbons (Fsp3) is 0.0526. The molecule has 1 amide bonds. The number of rotatable bonds is 4. The van der Waals surface area contributed by atoms with Crippen molar-refractivity contribution in [2.75, 3.05) is 11.1 Å². The first-order valence-electron chi connectivity index (χ1n) is 7.81. The number of H-pyrrole nitrogens is 2. The van der Waals surface area contributed by atoms with E-state index in [1.807, 2.05) is 24.3 Å². The number of benzene rings is 3. The lowest BCUT2D eigenvalue weighted by Crippen LogP contribution is -2.13. The third kappa shape index (κ3) is 3.29.